The third-order valence-electron chi connectivity index (χ3n) is 2.04. The first kappa shape index (κ1) is 9.07. The molecule has 0 saturated carbocycles. The Morgan fingerprint density at radius 3 is 2.93 bits per heavy atom. The van der Waals surface area contributed by atoms with E-state index >= 15 is 0 Å². The van der Waals surface area contributed by atoms with Gasteiger partial charge in [-0.2, -0.15) is 4.37 Å². The molecule has 1 aliphatic heterocycles. The monoisotopic (exact) mass is 212 g/mol. The molecule has 1 fully saturated rings. The van der Waals surface area contributed by atoms with Crippen LogP contribution in [0.5, 0.6) is 0 Å². The van der Waals surface area contributed by atoms with E-state index in [1.807, 2.05) is 0 Å². The van der Waals surface area contributed by atoms with Gasteiger partial charge in [-0.3, -0.25) is 14.5 Å². The third kappa shape index (κ3) is 1.46. The molecule has 0 aromatic carbocycles. The Hall–Kier alpha value is -1.50. The first-order valence-electron chi connectivity index (χ1n) is 4.02. The minimum absolute atomic E-state index is 0.169. The van der Waals surface area contributed by atoms with Crippen molar-refractivity contribution < 1.29 is 9.59 Å². The number of anilines is 1. The highest BCUT2D eigenvalue weighted by Crippen LogP contribution is 2.17. The van der Waals surface area contributed by atoms with E-state index in [1.165, 1.54) is 13.4 Å². The molecule has 1 aromatic heterocycles. The SMILES string of the molecule is CN1C(=O)CC(Nc2ncns2)C1=O. The largest absolute Gasteiger partial charge is 0.348 e. The van der Waals surface area contributed by atoms with Gasteiger partial charge in [0, 0.05) is 18.6 Å². The highest BCUT2D eigenvalue weighted by molar-refractivity contribution is 7.09. The number of nitrogens with one attached hydrogen (secondary N) is 1. The summed E-state index contributed by atoms with van der Waals surface area (Å²) in [4.78, 5) is 27.6. The number of likely N-dealkylation sites (tertiary alicyclic amines) is 1. The van der Waals surface area contributed by atoms with E-state index < -0.39 is 6.04 Å². The lowest BCUT2D eigenvalue weighted by molar-refractivity contribution is -0.136. The second-order valence-electron chi connectivity index (χ2n) is 2.94. The Morgan fingerprint density at radius 2 is 2.43 bits per heavy atom. The number of amides is 2. The summed E-state index contributed by atoms with van der Waals surface area (Å²) in [6.07, 6.45) is 1.59. The van der Waals surface area contributed by atoms with Crippen molar-refractivity contribution in [2.75, 3.05) is 12.4 Å². The Morgan fingerprint density at radius 1 is 1.64 bits per heavy atom. The van der Waals surface area contributed by atoms with Crippen LogP contribution < -0.4 is 5.32 Å². The zero-order chi connectivity index (χ0) is 10.1. The molecule has 6 nitrogen and oxygen atoms in total. The predicted molar refractivity (Wildman–Crippen MR) is 49.7 cm³/mol. The summed E-state index contributed by atoms with van der Waals surface area (Å²) in [5, 5.41) is 3.43. The lowest BCUT2D eigenvalue weighted by atomic mass is 10.2. The molecule has 7 heteroatoms. The van der Waals surface area contributed by atoms with Gasteiger partial charge >= 0.3 is 0 Å². The number of nitrogens with zero attached hydrogens (tertiary/aromatic N) is 3. The van der Waals surface area contributed by atoms with Gasteiger partial charge < -0.3 is 5.32 Å². The van der Waals surface area contributed by atoms with Crippen LogP contribution in [0.2, 0.25) is 0 Å². The van der Waals surface area contributed by atoms with Gasteiger partial charge in [-0.15, -0.1) is 0 Å². The van der Waals surface area contributed by atoms with Crippen molar-refractivity contribution in [1.82, 2.24) is 14.3 Å². The van der Waals surface area contributed by atoms with Crippen LogP contribution in [0.25, 0.3) is 0 Å². The topological polar surface area (TPSA) is 75.2 Å². The molecule has 0 bridgehead atoms. The van der Waals surface area contributed by atoms with Gasteiger partial charge in [-0.1, -0.05) is 0 Å². The van der Waals surface area contributed by atoms with E-state index in [9.17, 15) is 9.59 Å². The molecular weight excluding hydrogens is 204 g/mol. The van der Waals surface area contributed by atoms with Gasteiger partial charge in [0.05, 0.1) is 6.42 Å². The Bertz CT molecular complexity index is 364. The fourth-order valence-corrected chi connectivity index (χ4v) is 1.74. The fourth-order valence-electron chi connectivity index (χ4n) is 1.25. The Balaban J connectivity index is 2.07. The standard InChI is InChI=1S/C7H8N4O2S/c1-11-5(12)2-4(6(11)13)10-7-8-3-9-14-7/h3-4H,2H2,1H3,(H,8,9,10). The van der Waals surface area contributed by atoms with Crippen molar-refractivity contribution in [3.8, 4) is 0 Å². The summed E-state index contributed by atoms with van der Waals surface area (Å²) in [6, 6.07) is -0.486. The molecular formula is C7H8N4O2S. The zero-order valence-electron chi connectivity index (χ0n) is 7.43. The van der Waals surface area contributed by atoms with E-state index in [0.29, 0.717) is 5.13 Å². The van der Waals surface area contributed by atoms with Crippen LogP contribution >= 0.6 is 11.5 Å². The smallest absolute Gasteiger partial charge is 0.251 e. The molecule has 14 heavy (non-hydrogen) atoms. The highest BCUT2D eigenvalue weighted by atomic mass is 32.1. The first-order valence-corrected chi connectivity index (χ1v) is 4.79. The molecule has 2 amide bonds. The fraction of sp³-hybridized carbons (Fsp3) is 0.429. The summed E-state index contributed by atoms with van der Waals surface area (Å²) < 4.78 is 3.79. The van der Waals surface area contributed by atoms with Crippen LogP contribution in [0.3, 0.4) is 0 Å². The van der Waals surface area contributed by atoms with Crippen LogP contribution in [-0.4, -0.2) is 39.2 Å². The number of rotatable bonds is 2. The van der Waals surface area contributed by atoms with Gasteiger partial charge in [0.25, 0.3) is 5.91 Å². The third-order valence-corrected chi connectivity index (χ3v) is 2.64. The number of hydrogen-bond donors (Lipinski definition) is 1. The van der Waals surface area contributed by atoms with Crippen molar-refractivity contribution >= 4 is 28.5 Å². The molecule has 2 heterocycles. The maximum atomic E-state index is 11.4. The molecule has 2 rings (SSSR count). The van der Waals surface area contributed by atoms with Gasteiger partial charge in [0.2, 0.25) is 11.0 Å². The van der Waals surface area contributed by atoms with Crippen LogP contribution in [0.15, 0.2) is 6.33 Å². The van der Waals surface area contributed by atoms with Crippen molar-refractivity contribution in [3.05, 3.63) is 6.33 Å². The predicted octanol–water partition coefficient (Wildman–Crippen LogP) is -0.293. The minimum Gasteiger partial charge on any atom is -0.348 e. The summed E-state index contributed by atoms with van der Waals surface area (Å²) >= 11 is 1.16. The summed E-state index contributed by atoms with van der Waals surface area (Å²) in [5.41, 5.74) is 0. The Kier molecular flexibility index (Phi) is 2.16. The molecule has 1 N–H and O–H groups in total. The van der Waals surface area contributed by atoms with Gasteiger partial charge in [-0.25, -0.2) is 4.98 Å². The molecule has 1 unspecified atom stereocenters. The van der Waals surface area contributed by atoms with Crippen LogP contribution in [0.1, 0.15) is 6.42 Å². The lowest BCUT2D eigenvalue weighted by Gasteiger charge is -2.08. The number of imide groups is 1. The van der Waals surface area contributed by atoms with Crippen molar-refractivity contribution in [2.24, 2.45) is 0 Å². The van der Waals surface area contributed by atoms with Crippen molar-refractivity contribution in [2.45, 2.75) is 12.5 Å². The molecule has 74 valence electrons. The highest BCUT2D eigenvalue weighted by Gasteiger charge is 2.36. The summed E-state index contributed by atoms with van der Waals surface area (Å²) in [5.74, 6) is -0.387. The second kappa shape index (κ2) is 3.33. The van der Waals surface area contributed by atoms with E-state index in [4.69, 9.17) is 0 Å². The van der Waals surface area contributed by atoms with Gasteiger partial charge in [-0.05, 0) is 0 Å². The normalized spacial score (nSPS) is 21.8. The number of likely N-dealkylation sites (N-methyl/N-ethyl adjacent to an activating group) is 1. The number of carbonyl (C=O) groups is 2. The maximum Gasteiger partial charge on any atom is 0.251 e. The molecule has 0 aliphatic carbocycles. The maximum absolute atomic E-state index is 11.4. The minimum atomic E-state index is -0.486. The van der Waals surface area contributed by atoms with E-state index in [1.54, 1.807) is 0 Å². The molecule has 1 aromatic rings. The molecule has 1 aliphatic rings. The van der Waals surface area contributed by atoms with Crippen molar-refractivity contribution in [3.63, 3.8) is 0 Å². The average Bonchev–Trinajstić information content (AvgIpc) is 2.73. The molecule has 0 spiro atoms. The van der Waals surface area contributed by atoms with E-state index in [0.717, 1.165) is 16.4 Å². The second-order valence-corrected chi connectivity index (χ2v) is 3.72. The molecule has 0 radical (unpaired) electrons. The summed E-state index contributed by atoms with van der Waals surface area (Å²) in [6.45, 7) is 0. The van der Waals surface area contributed by atoms with E-state index in [-0.39, 0.29) is 18.2 Å². The van der Waals surface area contributed by atoms with Gasteiger partial charge in [0.15, 0.2) is 0 Å². The Labute approximate surface area is 84.1 Å². The number of hydrogen-bond acceptors (Lipinski definition) is 6. The summed E-state index contributed by atoms with van der Waals surface area (Å²) in [7, 11) is 1.48. The average molecular weight is 212 g/mol. The van der Waals surface area contributed by atoms with E-state index in [2.05, 4.69) is 14.7 Å². The van der Waals surface area contributed by atoms with Gasteiger partial charge in [0.1, 0.15) is 12.4 Å². The first-order chi connectivity index (χ1) is 6.68. The molecule has 1 saturated heterocycles. The molecule has 1 atom stereocenters. The quantitative estimate of drug-likeness (QED) is 0.682. The number of carbonyl (C=O) groups excluding carboxylic acids is 2. The van der Waals surface area contributed by atoms with Crippen molar-refractivity contribution in [1.29, 1.82) is 0 Å². The zero-order valence-corrected chi connectivity index (χ0v) is 8.24. The van der Waals surface area contributed by atoms with Crippen LogP contribution in [0.4, 0.5) is 5.13 Å². The van der Waals surface area contributed by atoms with Crippen LogP contribution in [0, 0.1) is 0 Å². The number of aromatic nitrogens is 2. The van der Waals surface area contributed by atoms with Crippen LogP contribution in [-0.2, 0) is 9.59 Å². The lowest BCUT2D eigenvalue weighted by Crippen LogP contribution is -2.31.